The van der Waals surface area contributed by atoms with Crippen LogP contribution in [-0.2, 0) is 29.1 Å². The number of ether oxygens (including phenoxy) is 1. The number of hydrogen-bond acceptors (Lipinski definition) is 4. The van der Waals surface area contributed by atoms with E-state index in [9.17, 15) is 9.59 Å². The first-order valence-electron chi connectivity index (χ1n) is 12.0. The molecule has 0 aliphatic heterocycles. The van der Waals surface area contributed by atoms with Crippen molar-refractivity contribution in [1.82, 2.24) is 10.2 Å². The second-order valence-corrected chi connectivity index (χ2v) is 9.40. The topological polar surface area (TPSA) is 58.6 Å². The second-order valence-electron chi connectivity index (χ2n) is 8.37. The van der Waals surface area contributed by atoms with E-state index in [-0.39, 0.29) is 18.2 Å². The van der Waals surface area contributed by atoms with Crippen molar-refractivity contribution in [3.05, 3.63) is 124 Å². The third-order valence-electron chi connectivity index (χ3n) is 5.80. The summed E-state index contributed by atoms with van der Waals surface area (Å²) in [5, 5.41) is 5.01. The van der Waals surface area contributed by atoms with Crippen LogP contribution in [-0.4, -0.2) is 23.3 Å². The van der Waals surface area contributed by atoms with E-state index in [0.29, 0.717) is 19.7 Å². The smallest absolute Gasteiger partial charge is 0.247 e. The summed E-state index contributed by atoms with van der Waals surface area (Å²) in [7, 11) is 0. The molecule has 0 radical (unpaired) electrons. The van der Waals surface area contributed by atoms with Crippen molar-refractivity contribution < 1.29 is 14.3 Å². The molecule has 1 N–H and O–H groups in total. The van der Waals surface area contributed by atoms with Gasteiger partial charge in [-0.05, 0) is 47.2 Å². The molecular formula is C30H30N2O3S. The van der Waals surface area contributed by atoms with Gasteiger partial charge in [0.05, 0.1) is 13.0 Å². The van der Waals surface area contributed by atoms with E-state index in [1.54, 1.807) is 16.2 Å². The Morgan fingerprint density at radius 1 is 0.861 bits per heavy atom. The maximum Gasteiger partial charge on any atom is 0.247 e. The highest BCUT2D eigenvalue weighted by Gasteiger charge is 2.31. The maximum atomic E-state index is 13.7. The van der Waals surface area contributed by atoms with Crippen LogP contribution in [0.2, 0.25) is 0 Å². The van der Waals surface area contributed by atoms with Gasteiger partial charge in [0.1, 0.15) is 11.8 Å². The predicted molar refractivity (Wildman–Crippen MR) is 144 cm³/mol. The second kappa shape index (κ2) is 12.7. The van der Waals surface area contributed by atoms with Crippen molar-refractivity contribution >= 4 is 23.2 Å². The van der Waals surface area contributed by atoms with Gasteiger partial charge in [0, 0.05) is 18.0 Å². The van der Waals surface area contributed by atoms with Gasteiger partial charge in [0.15, 0.2) is 0 Å². The lowest BCUT2D eigenvalue weighted by Crippen LogP contribution is -2.43. The molecule has 5 nitrogen and oxygen atoms in total. The number of nitrogens with one attached hydrogen (secondary N) is 1. The molecule has 0 aliphatic carbocycles. The van der Waals surface area contributed by atoms with Crippen molar-refractivity contribution in [3.63, 3.8) is 0 Å². The van der Waals surface area contributed by atoms with E-state index in [4.69, 9.17) is 4.74 Å². The van der Waals surface area contributed by atoms with Crippen LogP contribution < -0.4 is 10.1 Å². The van der Waals surface area contributed by atoms with E-state index in [2.05, 4.69) is 5.32 Å². The first-order chi connectivity index (χ1) is 17.6. The van der Waals surface area contributed by atoms with Crippen LogP contribution in [0.15, 0.2) is 102 Å². The Balaban J connectivity index is 1.67. The number of thiophene rings is 1. The molecule has 3 aromatic carbocycles. The van der Waals surface area contributed by atoms with Crippen LogP contribution in [0.5, 0.6) is 5.75 Å². The van der Waals surface area contributed by atoms with Crippen LogP contribution in [0.4, 0.5) is 0 Å². The minimum atomic E-state index is -0.794. The lowest BCUT2D eigenvalue weighted by molar-refractivity contribution is -0.141. The summed E-state index contributed by atoms with van der Waals surface area (Å²) in [5.41, 5.74) is 2.69. The highest BCUT2D eigenvalue weighted by Crippen LogP contribution is 2.27. The molecule has 6 heteroatoms. The van der Waals surface area contributed by atoms with Crippen LogP contribution in [0.1, 0.15) is 34.5 Å². The molecule has 0 saturated carbocycles. The van der Waals surface area contributed by atoms with Gasteiger partial charge in [0.2, 0.25) is 11.8 Å². The molecule has 0 spiro atoms. The molecule has 4 rings (SSSR count). The van der Waals surface area contributed by atoms with Gasteiger partial charge in [0.25, 0.3) is 0 Å². The Morgan fingerprint density at radius 3 is 2.14 bits per heavy atom. The summed E-state index contributed by atoms with van der Waals surface area (Å²) < 4.78 is 5.60. The van der Waals surface area contributed by atoms with Crippen LogP contribution >= 0.6 is 11.3 Å². The van der Waals surface area contributed by atoms with Crippen LogP contribution in [0, 0.1) is 0 Å². The molecule has 0 aliphatic rings. The van der Waals surface area contributed by atoms with Crippen molar-refractivity contribution in [3.8, 4) is 5.75 Å². The molecule has 1 aromatic heterocycles. The Morgan fingerprint density at radius 2 is 1.53 bits per heavy atom. The predicted octanol–water partition coefficient (Wildman–Crippen LogP) is 5.78. The van der Waals surface area contributed by atoms with Gasteiger partial charge in [-0.25, -0.2) is 0 Å². The number of nitrogens with zero attached hydrogens (tertiary/aromatic N) is 1. The van der Waals surface area contributed by atoms with Gasteiger partial charge in [-0.2, -0.15) is 0 Å². The van der Waals surface area contributed by atoms with Crippen molar-refractivity contribution in [2.45, 2.75) is 32.5 Å². The summed E-state index contributed by atoms with van der Waals surface area (Å²) in [4.78, 5) is 30.1. The first kappa shape index (κ1) is 25.2. The van der Waals surface area contributed by atoms with E-state index >= 15 is 0 Å². The quantitative estimate of drug-likeness (QED) is 0.285. The molecule has 0 unspecified atom stereocenters. The monoisotopic (exact) mass is 498 g/mol. The fourth-order valence-electron chi connectivity index (χ4n) is 4.03. The largest absolute Gasteiger partial charge is 0.494 e. The molecule has 0 fully saturated rings. The molecule has 4 aromatic rings. The maximum absolute atomic E-state index is 13.7. The Hall–Kier alpha value is -3.90. The Kier molecular flexibility index (Phi) is 8.89. The third-order valence-corrected chi connectivity index (χ3v) is 6.67. The molecule has 36 heavy (non-hydrogen) atoms. The van der Waals surface area contributed by atoms with Crippen LogP contribution in [0.25, 0.3) is 0 Å². The van der Waals surface area contributed by atoms with E-state index in [0.717, 1.165) is 27.3 Å². The lowest BCUT2D eigenvalue weighted by Gasteiger charge is -2.32. The zero-order valence-corrected chi connectivity index (χ0v) is 21.1. The number of carbonyl (C=O) groups excluding carboxylic acids is 2. The van der Waals surface area contributed by atoms with Crippen molar-refractivity contribution in [2.75, 3.05) is 6.61 Å². The molecular weight excluding hydrogens is 468 g/mol. The zero-order valence-electron chi connectivity index (χ0n) is 20.3. The normalized spacial score (nSPS) is 11.5. The van der Waals surface area contributed by atoms with Gasteiger partial charge < -0.3 is 15.0 Å². The highest BCUT2D eigenvalue weighted by molar-refractivity contribution is 7.10. The van der Waals surface area contributed by atoms with E-state index < -0.39 is 6.04 Å². The standard InChI is InChI=1S/C30H30N2O3S/c1-2-35-26-17-15-25(16-18-26)29(30(34)31-21-23-10-5-3-6-11-23)32(22-24-12-7-4-8-13-24)28(33)20-27-14-9-19-36-27/h3-19,29H,2,20-22H2,1H3,(H,31,34)/t29-/m0/s1. The molecule has 184 valence electrons. The molecule has 0 bridgehead atoms. The average Bonchev–Trinajstić information content (AvgIpc) is 3.42. The minimum Gasteiger partial charge on any atom is -0.494 e. The van der Waals surface area contributed by atoms with Gasteiger partial charge in [-0.3, -0.25) is 9.59 Å². The Labute approximate surface area is 216 Å². The fraction of sp³-hybridized carbons (Fsp3) is 0.200. The summed E-state index contributed by atoms with van der Waals surface area (Å²) in [6.45, 7) is 3.19. The highest BCUT2D eigenvalue weighted by atomic mass is 32.1. The fourth-order valence-corrected chi connectivity index (χ4v) is 4.73. The van der Waals surface area contributed by atoms with Gasteiger partial charge >= 0.3 is 0 Å². The first-order valence-corrected chi connectivity index (χ1v) is 12.9. The van der Waals surface area contributed by atoms with Crippen molar-refractivity contribution in [2.24, 2.45) is 0 Å². The summed E-state index contributed by atoms with van der Waals surface area (Å²) in [6, 6.07) is 30.1. The van der Waals surface area contributed by atoms with E-state index in [1.165, 1.54) is 0 Å². The summed E-state index contributed by atoms with van der Waals surface area (Å²) >= 11 is 1.54. The van der Waals surface area contributed by atoms with Crippen LogP contribution in [0.3, 0.4) is 0 Å². The molecule has 1 atom stereocenters. The summed E-state index contributed by atoms with van der Waals surface area (Å²) in [5.74, 6) is 0.401. The molecule has 2 amide bonds. The average molecular weight is 499 g/mol. The number of benzene rings is 3. The number of carbonyl (C=O) groups is 2. The number of amides is 2. The molecule has 1 heterocycles. The van der Waals surface area contributed by atoms with Gasteiger partial charge in [-0.1, -0.05) is 78.9 Å². The van der Waals surface area contributed by atoms with E-state index in [1.807, 2.05) is 109 Å². The SMILES string of the molecule is CCOc1ccc([C@@H](C(=O)NCc2ccccc2)N(Cc2ccccc2)C(=O)Cc2cccs2)cc1. The Bertz CT molecular complexity index is 1230. The molecule has 0 saturated heterocycles. The van der Waals surface area contributed by atoms with Crippen molar-refractivity contribution in [1.29, 1.82) is 0 Å². The van der Waals surface area contributed by atoms with Gasteiger partial charge in [-0.15, -0.1) is 11.3 Å². The number of hydrogen-bond donors (Lipinski definition) is 1. The third kappa shape index (κ3) is 6.83. The lowest BCUT2D eigenvalue weighted by atomic mass is 10.0. The zero-order chi connectivity index (χ0) is 25.2. The minimum absolute atomic E-state index is 0.102. The summed E-state index contributed by atoms with van der Waals surface area (Å²) in [6.07, 6.45) is 0.240. The number of rotatable bonds is 11.